The van der Waals surface area contributed by atoms with Gasteiger partial charge >= 0.3 is 12.3 Å². The summed E-state index contributed by atoms with van der Waals surface area (Å²) < 4.78 is 51.6. The van der Waals surface area contributed by atoms with Gasteiger partial charge in [-0.05, 0) is 35.7 Å². The molecule has 2 aromatic heterocycles. The van der Waals surface area contributed by atoms with Gasteiger partial charge in [0.1, 0.15) is 11.5 Å². The van der Waals surface area contributed by atoms with Crippen molar-refractivity contribution >= 4 is 17.7 Å². The predicted octanol–water partition coefficient (Wildman–Crippen LogP) is 6.55. The molecule has 0 fully saturated rings. The lowest BCUT2D eigenvalue weighted by Crippen LogP contribution is -2.31. The number of imidazole rings is 1. The molecule has 10 heteroatoms. The third-order valence-corrected chi connectivity index (χ3v) is 6.09. The lowest BCUT2D eigenvalue weighted by Gasteiger charge is -2.20. The van der Waals surface area contributed by atoms with Crippen LogP contribution in [0.25, 0.3) is 11.1 Å². The average molecular weight is 517 g/mol. The van der Waals surface area contributed by atoms with Crippen molar-refractivity contribution in [1.82, 2.24) is 19.0 Å². The molecule has 0 aliphatic heterocycles. The maximum Gasteiger partial charge on any atom is 0.431 e. The second-order valence-electron chi connectivity index (χ2n) is 8.41. The zero-order valence-corrected chi connectivity index (χ0v) is 20.6. The number of aryl methyl sites for hydroxylation is 1. The standard InChI is InChI=1S/C26H24ClF3N4O2/c1-17-22(19-9-11-20(27)12-10-19)24(36-25(35)33(3)16-21-31-13-14-32(21)2)34(23(17)26(28,29)30)15-18-7-5-4-6-8-18/h4-14H,15-16H2,1-3H3. The zero-order valence-electron chi connectivity index (χ0n) is 19.9. The molecule has 0 atom stereocenters. The average Bonchev–Trinajstić information content (AvgIpc) is 3.34. The van der Waals surface area contributed by atoms with Gasteiger partial charge in [-0.1, -0.05) is 54.1 Å². The number of hydrogen-bond donors (Lipinski definition) is 0. The Kier molecular flexibility index (Phi) is 7.12. The number of alkyl halides is 3. The van der Waals surface area contributed by atoms with Gasteiger partial charge in [-0.2, -0.15) is 13.2 Å². The van der Waals surface area contributed by atoms with Crippen LogP contribution in [0.3, 0.4) is 0 Å². The van der Waals surface area contributed by atoms with Gasteiger partial charge in [0.25, 0.3) is 0 Å². The van der Waals surface area contributed by atoms with E-state index in [0.29, 0.717) is 22.0 Å². The van der Waals surface area contributed by atoms with Gasteiger partial charge in [0.2, 0.25) is 5.88 Å². The van der Waals surface area contributed by atoms with Gasteiger partial charge in [-0.25, -0.2) is 9.78 Å². The summed E-state index contributed by atoms with van der Waals surface area (Å²) in [6, 6.07) is 15.1. The van der Waals surface area contributed by atoms with Crippen LogP contribution in [-0.2, 0) is 26.3 Å². The minimum absolute atomic E-state index is 0.0460. The van der Waals surface area contributed by atoms with Gasteiger partial charge in [-0.15, -0.1) is 0 Å². The molecular weight excluding hydrogens is 493 g/mol. The molecule has 0 saturated heterocycles. The lowest BCUT2D eigenvalue weighted by molar-refractivity contribution is -0.144. The van der Waals surface area contributed by atoms with Crippen molar-refractivity contribution in [1.29, 1.82) is 0 Å². The molecule has 0 aliphatic carbocycles. The van der Waals surface area contributed by atoms with E-state index >= 15 is 0 Å². The summed E-state index contributed by atoms with van der Waals surface area (Å²) in [7, 11) is 3.28. The van der Waals surface area contributed by atoms with Crippen molar-refractivity contribution in [3.05, 3.63) is 94.7 Å². The number of ether oxygens (including phenoxy) is 1. The quantitative estimate of drug-likeness (QED) is 0.292. The predicted molar refractivity (Wildman–Crippen MR) is 131 cm³/mol. The van der Waals surface area contributed by atoms with E-state index in [4.69, 9.17) is 16.3 Å². The van der Waals surface area contributed by atoms with Gasteiger partial charge in [0.15, 0.2) is 0 Å². The molecule has 2 aromatic carbocycles. The number of rotatable bonds is 6. The SMILES string of the molecule is Cc1c(-c2ccc(Cl)cc2)c(OC(=O)N(C)Cc2nccn2C)n(Cc2ccccc2)c1C(F)(F)F. The fourth-order valence-electron chi connectivity index (χ4n) is 4.05. The van der Waals surface area contributed by atoms with Crippen molar-refractivity contribution in [2.45, 2.75) is 26.2 Å². The van der Waals surface area contributed by atoms with Crippen LogP contribution in [0.2, 0.25) is 5.02 Å². The molecule has 0 unspecified atom stereocenters. The molecule has 188 valence electrons. The number of aromatic nitrogens is 3. The van der Waals surface area contributed by atoms with Crippen LogP contribution in [0.5, 0.6) is 5.88 Å². The maximum atomic E-state index is 14.4. The van der Waals surface area contributed by atoms with Crippen LogP contribution >= 0.6 is 11.6 Å². The first kappa shape index (κ1) is 25.4. The first-order valence-corrected chi connectivity index (χ1v) is 11.4. The first-order valence-electron chi connectivity index (χ1n) is 11.1. The molecular formula is C26H24ClF3N4O2. The molecule has 4 aromatic rings. The Hall–Kier alpha value is -3.72. The summed E-state index contributed by atoms with van der Waals surface area (Å²) in [5, 5.41) is 0.435. The van der Waals surface area contributed by atoms with Crippen molar-refractivity contribution in [3.8, 4) is 17.0 Å². The molecule has 0 N–H and O–H groups in total. The number of amides is 1. The van der Waals surface area contributed by atoms with E-state index in [1.54, 1.807) is 78.6 Å². The van der Waals surface area contributed by atoms with Gasteiger partial charge in [-0.3, -0.25) is 0 Å². The Morgan fingerprint density at radius 3 is 2.36 bits per heavy atom. The highest BCUT2D eigenvalue weighted by Gasteiger charge is 2.41. The van der Waals surface area contributed by atoms with Gasteiger partial charge < -0.3 is 18.8 Å². The number of halogens is 4. The molecule has 0 bridgehead atoms. The van der Waals surface area contributed by atoms with Crippen LogP contribution in [0, 0.1) is 6.92 Å². The second kappa shape index (κ2) is 10.1. The Balaban J connectivity index is 1.84. The summed E-state index contributed by atoms with van der Waals surface area (Å²) in [6.07, 6.45) is -2.17. The summed E-state index contributed by atoms with van der Waals surface area (Å²) in [6.45, 7) is 1.35. The molecule has 0 aliphatic rings. The monoisotopic (exact) mass is 516 g/mol. The molecule has 0 saturated carbocycles. The Labute approximate surface area is 211 Å². The topological polar surface area (TPSA) is 52.3 Å². The zero-order chi connectivity index (χ0) is 26.0. The number of nitrogens with zero attached hydrogens (tertiary/aromatic N) is 4. The fraction of sp³-hybridized carbons (Fsp3) is 0.231. The Morgan fingerprint density at radius 2 is 1.78 bits per heavy atom. The highest BCUT2D eigenvalue weighted by atomic mass is 35.5. The number of benzene rings is 2. The van der Waals surface area contributed by atoms with Crippen LogP contribution in [0.4, 0.5) is 18.0 Å². The smallest absolute Gasteiger partial charge is 0.392 e. The van der Waals surface area contributed by atoms with Crippen LogP contribution in [0.1, 0.15) is 22.6 Å². The van der Waals surface area contributed by atoms with Crippen LogP contribution < -0.4 is 4.74 Å². The van der Waals surface area contributed by atoms with E-state index < -0.39 is 18.0 Å². The third-order valence-electron chi connectivity index (χ3n) is 5.84. The third kappa shape index (κ3) is 5.26. The van der Waals surface area contributed by atoms with Crippen molar-refractivity contribution in [2.24, 2.45) is 7.05 Å². The normalized spacial score (nSPS) is 11.5. The number of hydrogen-bond acceptors (Lipinski definition) is 3. The van der Waals surface area contributed by atoms with Crippen molar-refractivity contribution in [2.75, 3.05) is 7.05 Å². The fourth-order valence-corrected chi connectivity index (χ4v) is 4.18. The highest BCUT2D eigenvalue weighted by molar-refractivity contribution is 6.30. The van der Waals surface area contributed by atoms with Crippen LogP contribution in [-0.4, -0.2) is 32.2 Å². The van der Waals surface area contributed by atoms with Gasteiger partial charge in [0, 0.05) is 37.1 Å². The molecule has 36 heavy (non-hydrogen) atoms. The second-order valence-corrected chi connectivity index (χ2v) is 8.84. The first-order chi connectivity index (χ1) is 17.1. The van der Waals surface area contributed by atoms with Crippen LogP contribution in [0.15, 0.2) is 67.0 Å². The molecule has 6 nitrogen and oxygen atoms in total. The van der Waals surface area contributed by atoms with E-state index in [1.807, 2.05) is 0 Å². The molecule has 4 rings (SSSR count). The van der Waals surface area contributed by atoms with E-state index in [-0.39, 0.29) is 30.1 Å². The molecule has 0 radical (unpaired) electrons. The van der Waals surface area contributed by atoms with E-state index in [1.165, 1.54) is 18.9 Å². The largest absolute Gasteiger partial charge is 0.431 e. The highest BCUT2D eigenvalue weighted by Crippen LogP contribution is 2.45. The molecule has 1 amide bonds. The summed E-state index contributed by atoms with van der Waals surface area (Å²) in [5.74, 6) is 0.405. The number of carbonyl (C=O) groups is 1. The minimum Gasteiger partial charge on any atom is -0.392 e. The molecule has 2 heterocycles. The lowest BCUT2D eigenvalue weighted by atomic mass is 10.0. The summed E-state index contributed by atoms with van der Waals surface area (Å²) >= 11 is 6.02. The van der Waals surface area contributed by atoms with E-state index in [0.717, 1.165) is 4.57 Å². The van der Waals surface area contributed by atoms with Crippen molar-refractivity contribution in [3.63, 3.8) is 0 Å². The Morgan fingerprint density at radius 1 is 1.11 bits per heavy atom. The Bertz CT molecular complexity index is 1360. The minimum atomic E-state index is -4.69. The number of carbonyl (C=O) groups excluding carboxylic acids is 1. The van der Waals surface area contributed by atoms with E-state index in [2.05, 4.69) is 4.98 Å². The maximum absolute atomic E-state index is 14.4. The molecule has 0 spiro atoms. The van der Waals surface area contributed by atoms with Gasteiger partial charge in [0.05, 0.1) is 13.1 Å². The van der Waals surface area contributed by atoms with Crippen molar-refractivity contribution < 1.29 is 22.7 Å². The summed E-state index contributed by atoms with van der Waals surface area (Å²) in [5.41, 5.74) is 0.318. The summed E-state index contributed by atoms with van der Waals surface area (Å²) in [4.78, 5) is 18.6. The van der Waals surface area contributed by atoms with E-state index in [9.17, 15) is 18.0 Å².